The van der Waals surface area contributed by atoms with E-state index < -0.39 is 41.8 Å². The summed E-state index contributed by atoms with van der Waals surface area (Å²) in [6.07, 6.45) is -5.79. The summed E-state index contributed by atoms with van der Waals surface area (Å²) in [7, 11) is 0. The second kappa shape index (κ2) is 8.81. The number of esters is 2. The third-order valence-electron chi connectivity index (χ3n) is 4.30. The average molecular weight is 426 g/mol. The highest BCUT2D eigenvalue weighted by atomic mass is 19.4. The van der Waals surface area contributed by atoms with E-state index in [-0.39, 0.29) is 28.2 Å². The fraction of sp³-hybridized carbons (Fsp3) is 0.429. The Morgan fingerprint density at radius 1 is 1.00 bits per heavy atom. The van der Waals surface area contributed by atoms with Crippen molar-refractivity contribution in [3.63, 3.8) is 0 Å². The quantitative estimate of drug-likeness (QED) is 0.697. The number of nitrogens with one attached hydrogen (secondary N) is 1. The van der Waals surface area contributed by atoms with Gasteiger partial charge in [-0.25, -0.2) is 9.59 Å². The molecule has 0 fully saturated rings. The lowest BCUT2D eigenvalue weighted by Gasteiger charge is -2.32. The lowest BCUT2D eigenvalue weighted by Crippen LogP contribution is -2.37. The molecule has 0 saturated heterocycles. The lowest BCUT2D eigenvalue weighted by molar-refractivity contribution is -0.145. The molecule has 1 unspecified atom stereocenters. The average Bonchev–Trinajstić information content (AvgIpc) is 2.58. The SMILES string of the molecule is CC1=C(C(=O)OC(C)C)C(c2ccccc2C(F)(F)F)C(C(=O)OC(C)C)=C(N)N1. The van der Waals surface area contributed by atoms with Crippen molar-refractivity contribution in [2.24, 2.45) is 5.73 Å². The first-order valence-corrected chi connectivity index (χ1v) is 9.40. The predicted octanol–water partition coefficient (Wildman–Crippen LogP) is 3.74. The maximum Gasteiger partial charge on any atom is 0.416 e. The summed E-state index contributed by atoms with van der Waals surface area (Å²) in [6.45, 7) is 7.90. The minimum atomic E-state index is -4.72. The molecule has 9 heteroatoms. The van der Waals surface area contributed by atoms with E-state index in [1.165, 1.54) is 25.1 Å². The smallest absolute Gasteiger partial charge is 0.416 e. The van der Waals surface area contributed by atoms with Crippen LogP contribution in [0.15, 0.2) is 46.9 Å². The third kappa shape index (κ3) is 4.95. The van der Waals surface area contributed by atoms with Gasteiger partial charge in [0.25, 0.3) is 0 Å². The number of allylic oxidation sites excluding steroid dienone is 1. The largest absolute Gasteiger partial charge is 0.460 e. The molecule has 1 aliphatic rings. The second-order valence-electron chi connectivity index (χ2n) is 7.42. The molecule has 0 saturated carbocycles. The summed E-state index contributed by atoms with van der Waals surface area (Å²) in [5.41, 5.74) is 4.51. The molecule has 3 N–H and O–H groups in total. The van der Waals surface area contributed by atoms with Crippen molar-refractivity contribution in [2.45, 2.75) is 58.9 Å². The number of rotatable bonds is 5. The summed E-state index contributed by atoms with van der Waals surface area (Å²) in [4.78, 5) is 25.6. The van der Waals surface area contributed by atoms with Gasteiger partial charge in [0.2, 0.25) is 0 Å². The Labute approximate surface area is 172 Å². The van der Waals surface area contributed by atoms with Crippen LogP contribution in [0.5, 0.6) is 0 Å². The number of ether oxygens (including phenoxy) is 2. The predicted molar refractivity (Wildman–Crippen MR) is 104 cm³/mol. The molecule has 1 heterocycles. The Morgan fingerprint density at radius 2 is 1.50 bits per heavy atom. The van der Waals surface area contributed by atoms with Crippen LogP contribution in [-0.2, 0) is 25.2 Å². The minimum absolute atomic E-state index is 0.134. The van der Waals surface area contributed by atoms with Crippen LogP contribution in [0.1, 0.15) is 51.7 Å². The molecule has 30 heavy (non-hydrogen) atoms. The molecule has 6 nitrogen and oxygen atoms in total. The summed E-state index contributed by atoms with van der Waals surface area (Å²) in [5, 5.41) is 2.70. The zero-order chi connectivity index (χ0) is 22.8. The molecule has 0 radical (unpaired) electrons. The first-order valence-electron chi connectivity index (χ1n) is 9.40. The summed E-state index contributed by atoms with van der Waals surface area (Å²) < 4.78 is 51.7. The van der Waals surface area contributed by atoms with E-state index in [1.54, 1.807) is 27.7 Å². The van der Waals surface area contributed by atoms with Crippen LogP contribution in [-0.4, -0.2) is 24.1 Å². The first-order chi connectivity index (χ1) is 13.8. The number of carbonyl (C=O) groups excluding carboxylic acids is 2. The molecule has 0 bridgehead atoms. The molecule has 1 atom stereocenters. The Balaban J connectivity index is 2.78. The Bertz CT molecular complexity index is 858. The zero-order valence-corrected chi connectivity index (χ0v) is 17.4. The van der Waals surface area contributed by atoms with Crippen molar-refractivity contribution in [2.75, 3.05) is 0 Å². The number of benzene rings is 1. The Hall–Kier alpha value is -2.97. The molecule has 1 aromatic carbocycles. The molecule has 0 aliphatic carbocycles. The van der Waals surface area contributed by atoms with Gasteiger partial charge in [0.15, 0.2) is 0 Å². The molecular weight excluding hydrogens is 401 g/mol. The van der Waals surface area contributed by atoms with Gasteiger partial charge in [-0.2, -0.15) is 13.2 Å². The van der Waals surface area contributed by atoms with Gasteiger partial charge in [-0.3, -0.25) is 0 Å². The van der Waals surface area contributed by atoms with Crippen LogP contribution in [0.25, 0.3) is 0 Å². The van der Waals surface area contributed by atoms with Crippen LogP contribution in [0.3, 0.4) is 0 Å². The van der Waals surface area contributed by atoms with Crippen molar-refractivity contribution in [1.82, 2.24) is 5.32 Å². The maximum absolute atomic E-state index is 13.8. The molecule has 2 rings (SSSR count). The highest BCUT2D eigenvalue weighted by Gasteiger charge is 2.43. The fourth-order valence-electron chi connectivity index (χ4n) is 3.22. The van der Waals surface area contributed by atoms with Gasteiger partial charge in [-0.1, -0.05) is 18.2 Å². The van der Waals surface area contributed by atoms with Gasteiger partial charge in [0.1, 0.15) is 5.82 Å². The highest BCUT2D eigenvalue weighted by Crippen LogP contribution is 2.44. The molecule has 0 aromatic heterocycles. The van der Waals surface area contributed by atoms with Crippen molar-refractivity contribution in [3.05, 3.63) is 58.1 Å². The number of carbonyl (C=O) groups is 2. The van der Waals surface area contributed by atoms with Crippen LogP contribution < -0.4 is 11.1 Å². The molecule has 1 aromatic rings. The first kappa shape index (κ1) is 23.3. The van der Waals surface area contributed by atoms with Gasteiger partial charge >= 0.3 is 18.1 Å². The van der Waals surface area contributed by atoms with E-state index in [0.29, 0.717) is 0 Å². The zero-order valence-electron chi connectivity index (χ0n) is 17.4. The molecule has 0 amide bonds. The van der Waals surface area contributed by atoms with Gasteiger partial charge < -0.3 is 20.5 Å². The third-order valence-corrected chi connectivity index (χ3v) is 4.30. The standard InChI is InChI=1S/C21H25F3N2O4/c1-10(2)29-19(27)15-12(5)26-18(25)17(20(28)30-11(3)4)16(15)13-8-6-7-9-14(13)21(22,23)24/h6-11,16,26H,25H2,1-5H3. The van der Waals surface area contributed by atoms with Gasteiger partial charge in [0, 0.05) is 5.70 Å². The monoisotopic (exact) mass is 426 g/mol. The van der Waals surface area contributed by atoms with Gasteiger partial charge in [0.05, 0.1) is 34.8 Å². The molecule has 1 aliphatic heterocycles. The topological polar surface area (TPSA) is 90.7 Å². The van der Waals surface area contributed by atoms with Crippen LogP contribution in [0, 0.1) is 0 Å². The van der Waals surface area contributed by atoms with E-state index in [4.69, 9.17) is 15.2 Å². The molecule has 0 spiro atoms. The lowest BCUT2D eigenvalue weighted by atomic mass is 9.79. The van der Waals surface area contributed by atoms with Crippen molar-refractivity contribution < 1.29 is 32.2 Å². The Kier molecular flexibility index (Phi) is 6.84. The number of halogens is 3. The fourth-order valence-corrected chi connectivity index (χ4v) is 3.22. The van der Waals surface area contributed by atoms with E-state index in [0.717, 1.165) is 6.07 Å². The number of hydrogen-bond acceptors (Lipinski definition) is 6. The summed E-state index contributed by atoms with van der Waals surface area (Å²) in [6, 6.07) is 4.73. The summed E-state index contributed by atoms with van der Waals surface area (Å²) in [5.74, 6) is -3.36. The molecular formula is C21H25F3N2O4. The Morgan fingerprint density at radius 3 is 2.00 bits per heavy atom. The summed E-state index contributed by atoms with van der Waals surface area (Å²) >= 11 is 0. The van der Waals surface area contributed by atoms with E-state index in [9.17, 15) is 22.8 Å². The van der Waals surface area contributed by atoms with Crippen molar-refractivity contribution in [1.29, 1.82) is 0 Å². The van der Waals surface area contributed by atoms with Crippen molar-refractivity contribution >= 4 is 11.9 Å². The van der Waals surface area contributed by atoms with E-state index in [2.05, 4.69) is 5.32 Å². The number of dihydropyridines is 1. The minimum Gasteiger partial charge on any atom is -0.460 e. The maximum atomic E-state index is 13.8. The second-order valence-corrected chi connectivity index (χ2v) is 7.42. The molecule has 164 valence electrons. The highest BCUT2D eigenvalue weighted by molar-refractivity contribution is 6.00. The number of nitrogens with two attached hydrogens (primary N) is 1. The van der Waals surface area contributed by atoms with Crippen LogP contribution in [0.4, 0.5) is 13.2 Å². The number of hydrogen-bond donors (Lipinski definition) is 2. The normalized spacial score (nSPS) is 17.3. The van der Waals surface area contributed by atoms with E-state index >= 15 is 0 Å². The van der Waals surface area contributed by atoms with Crippen LogP contribution in [0.2, 0.25) is 0 Å². The van der Waals surface area contributed by atoms with Crippen molar-refractivity contribution in [3.8, 4) is 0 Å². The van der Waals surface area contributed by atoms with Crippen LogP contribution >= 0.6 is 0 Å². The number of alkyl halides is 3. The van der Waals surface area contributed by atoms with Gasteiger partial charge in [-0.05, 0) is 46.2 Å². The van der Waals surface area contributed by atoms with E-state index in [1.807, 2.05) is 0 Å². The van der Waals surface area contributed by atoms with Gasteiger partial charge in [-0.15, -0.1) is 0 Å².